The van der Waals surface area contributed by atoms with Gasteiger partial charge in [-0.15, -0.1) is 0 Å². The number of methoxy groups -OCH3 is 2. The number of carbonyl (C=O) groups excluding carboxylic acids is 2. The average Bonchev–Trinajstić information content (AvgIpc) is 2.38. The monoisotopic (exact) mass is 247 g/mol. The molecular formula is C13H13NO4. The molecule has 0 amide bonds. The van der Waals surface area contributed by atoms with Crippen molar-refractivity contribution in [1.82, 2.24) is 0 Å². The molecule has 94 valence electrons. The van der Waals surface area contributed by atoms with Gasteiger partial charge in [0.2, 0.25) is 0 Å². The lowest BCUT2D eigenvalue weighted by atomic mass is 9.94. The van der Waals surface area contributed by atoms with Crippen LogP contribution in [0.15, 0.2) is 18.2 Å². The Morgan fingerprint density at radius 1 is 1.33 bits per heavy atom. The van der Waals surface area contributed by atoms with Gasteiger partial charge >= 0.3 is 5.97 Å². The Morgan fingerprint density at radius 2 is 2.00 bits per heavy atom. The molecule has 1 unspecified atom stereocenters. The van der Waals surface area contributed by atoms with Crippen molar-refractivity contribution in [2.75, 3.05) is 14.2 Å². The molecule has 1 aromatic carbocycles. The molecule has 0 bridgehead atoms. The van der Waals surface area contributed by atoms with Gasteiger partial charge in [0.1, 0.15) is 11.7 Å². The van der Waals surface area contributed by atoms with Crippen LogP contribution in [0.4, 0.5) is 0 Å². The van der Waals surface area contributed by atoms with Gasteiger partial charge in [0.15, 0.2) is 0 Å². The van der Waals surface area contributed by atoms with Crippen LogP contribution in [0.3, 0.4) is 0 Å². The smallest absolute Gasteiger partial charge is 0.376 e. The van der Waals surface area contributed by atoms with Crippen LogP contribution < -0.4 is 4.74 Å². The second-order valence-electron chi connectivity index (χ2n) is 3.65. The number of ketones is 1. The molecule has 18 heavy (non-hydrogen) atoms. The lowest BCUT2D eigenvalue weighted by Gasteiger charge is -2.10. The molecule has 0 heterocycles. The van der Waals surface area contributed by atoms with E-state index in [4.69, 9.17) is 10.00 Å². The van der Waals surface area contributed by atoms with Crippen molar-refractivity contribution in [3.63, 3.8) is 0 Å². The van der Waals surface area contributed by atoms with Crippen LogP contribution in [-0.4, -0.2) is 26.0 Å². The molecule has 0 spiro atoms. The van der Waals surface area contributed by atoms with Crippen molar-refractivity contribution < 1.29 is 19.1 Å². The number of carbonyl (C=O) groups is 2. The summed E-state index contributed by atoms with van der Waals surface area (Å²) in [5.74, 6) is -2.39. The maximum Gasteiger partial charge on any atom is 0.376 e. The van der Waals surface area contributed by atoms with E-state index >= 15 is 0 Å². The predicted octanol–water partition coefficient (Wildman–Crippen LogP) is 1.35. The molecule has 0 saturated carbocycles. The number of aryl methyl sites for hydroxylation is 1. The van der Waals surface area contributed by atoms with Gasteiger partial charge in [-0.2, -0.15) is 5.26 Å². The van der Waals surface area contributed by atoms with Crippen LogP contribution in [0.2, 0.25) is 0 Å². The number of hydrogen-bond acceptors (Lipinski definition) is 5. The number of Topliss-reactive ketones (excluding diaryl/α,β-unsaturated/α-hetero) is 1. The minimum absolute atomic E-state index is 0.450. The summed E-state index contributed by atoms with van der Waals surface area (Å²) in [5, 5.41) is 9.00. The third-order valence-corrected chi connectivity index (χ3v) is 2.53. The third-order valence-electron chi connectivity index (χ3n) is 2.53. The standard InChI is InChI=1S/C13H13NO4/c1-8-6-9(4-5-11(8)17-2)10(7-14)12(15)13(16)18-3/h4-6,10H,1-3H3. The predicted molar refractivity (Wildman–Crippen MR) is 63.1 cm³/mol. The van der Waals surface area contributed by atoms with Gasteiger partial charge in [0.05, 0.1) is 20.3 Å². The van der Waals surface area contributed by atoms with Gasteiger partial charge in [-0.1, -0.05) is 12.1 Å². The van der Waals surface area contributed by atoms with E-state index in [-0.39, 0.29) is 0 Å². The number of hydrogen-bond donors (Lipinski definition) is 0. The first-order valence-corrected chi connectivity index (χ1v) is 5.21. The van der Waals surface area contributed by atoms with Crippen LogP contribution in [-0.2, 0) is 14.3 Å². The normalized spacial score (nSPS) is 11.2. The van der Waals surface area contributed by atoms with Crippen LogP contribution in [0.1, 0.15) is 17.0 Å². The SMILES string of the molecule is COC(=O)C(=O)C(C#N)c1ccc(OC)c(C)c1. The van der Waals surface area contributed by atoms with Gasteiger partial charge in [-0.25, -0.2) is 4.79 Å². The fourth-order valence-electron chi connectivity index (χ4n) is 1.58. The summed E-state index contributed by atoms with van der Waals surface area (Å²) < 4.78 is 9.41. The molecule has 0 aromatic heterocycles. The van der Waals surface area contributed by atoms with Gasteiger partial charge < -0.3 is 9.47 Å². The first-order chi connectivity index (χ1) is 8.54. The summed E-state index contributed by atoms with van der Waals surface area (Å²) in [6, 6.07) is 6.69. The fourth-order valence-corrected chi connectivity index (χ4v) is 1.58. The lowest BCUT2D eigenvalue weighted by molar-refractivity contribution is -0.151. The number of nitrogens with zero attached hydrogens (tertiary/aromatic N) is 1. The van der Waals surface area contributed by atoms with E-state index in [1.165, 1.54) is 7.11 Å². The Labute approximate surface area is 105 Å². The molecule has 5 heteroatoms. The van der Waals surface area contributed by atoms with Crippen molar-refractivity contribution in [2.45, 2.75) is 12.8 Å². The van der Waals surface area contributed by atoms with Gasteiger partial charge in [-0.3, -0.25) is 4.79 Å². The molecule has 1 aromatic rings. The van der Waals surface area contributed by atoms with Crippen LogP contribution in [0.25, 0.3) is 0 Å². The summed E-state index contributed by atoms with van der Waals surface area (Å²) in [7, 11) is 2.64. The van der Waals surface area contributed by atoms with Crippen molar-refractivity contribution in [3.8, 4) is 11.8 Å². The summed E-state index contributed by atoms with van der Waals surface area (Å²) in [6.07, 6.45) is 0. The Balaban J connectivity index is 3.11. The number of ether oxygens (including phenoxy) is 2. The highest BCUT2D eigenvalue weighted by molar-refractivity contribution is 6.36. The summed E-state index contributed by atoms with van der Waals surface area (Å²) in [5.41, 5.74) is 1.24. The summed E-state index contributed by atoms with van der Waals surface area (Å²) >= 11 is 0. The Kier molecular flexibility index (Phi) is 4.44. The second-order valence-corrected chi connectivity index (χ2v) is 3.65. The molecule has 0 aliphatic rings. The number of benzene rings is 1. The Hall–Kier alpha value is -2.35. The molecular weight excluding hydrogens is 234 g/mol. The zero-order valence-electron chi connectivity index (χ0n) is 10.4. The van der Waals surface area contributed by atoms with Crippen LogP contribution in [0.5, 0.6) is 5.75 Å². The molecule has 0 radical (unpaired) electrons. The largest absolute Gasteiger partial charge is 0.496 e. The first-order valence-electron chi connectivity index (χ1n) is 5.21. The zero-order chi connectivity index (χ0) is 13.7. The van der Waals surface area contributed by atoms with E-state index in [1.807, 2.05) is 0 Å². The van der Waals surface area contributed by atoms with E-state index in [9.17, 15) is 9.59 Å². The van der Waals surface area contributed by atoms with Crippen LogP contribution >= 0.6 is 0 Å². The quantitative estimate of drug-likeness (QED) is 0.593. The molecule has 1 rings (SSSR count). The topological polar surface area (TPSA) is 76.4 Å². The van der Waals surface area contributed by atoms with Gasteiger partial charge in [0.25, 0.3) is 5.78 Å². The highest BCUT2D eigenvalue weighted by atomic mass is 16.5. The number of rotatable bonds is 4. The first kappa shape index (κ1) is 13.7. The van der Waals surface area contributed by atoms with E-state index in [0.29, 0.717) is 11.3 Å². The van der Waals surface area contributed by atoms with Crippen molar-refractivity contribution >= 4 is 11.8 Å². The number of nitriles is 1. The van der Waals surface area contributed by atoms with Gasteiger partial charge in [0, 0.05) is 0 Å². The molecule has 0 aliphatic heterocycles. The number of esters is 1. The molecule has 0 fully saturated rings. The average molecular weight is 247 g/mol. The highest BCUT2D eigenvalue weighted by Gasteiger charge is 2.27. The van der Waals surface area contributed by atoms with E-state index < -0.39 is 17.7 Å². The van der Waals surface area contributed by atoms with E-state index in [2.05, 4.69) is 4.74 Å². The summed E-state index contributed by atoms with van der Waals surface area (Å²) in [6.45, 7) is 1.79. The third kappa shape index (κ3) is 2.66. The summed E-state index contributed by atoms with van der Waals surface area (Å²) in [4.78, 5) is 22.8. The van der Waals surface area contributed by atoms with E-state index in [1.54, 1.807) is 31.2 Å². The van der Waals surface area contributed by atoms with Gasteiger partial charge in [-0.05, 0) is 24.1 Å². The fraction of sp³-hybridized carbons (Fsp3) is 0.308. The maximum absolute atomic E-state index is 11.6. The highest BCUT2D eigenvalue weighted by Crippen LogP contribution is 2.24. The molecule has 1 atom stereocenters. The van der Waals surface area contributed by atoms with Crippen LogP contribution in [0, 0.1) is 18.3 Å². The molecule has 0 aliphatic carbocycles. The molecule has 5 nitrogen and oxygen atoms in total. The zero-order valence-corrected chi connectivity index (χ0v) is 10.4. The minimum Gasteiger partial charge on any atom is -0.496 e. The van der Waals surface area contributed by atoms with E-state index in [0.717, 1.165) is 12.7 Å². The minimum atomic E-state index is -1.15. The second kappa shape index (κ2) is 5.82. The van der Waals surface area contributed by atoms with Crippen molar-refractivity contribution in [1.29, 1.82) is 5.26 Å². The van der Waals surface area contributed by atoms with Crippen molar-refractivity contribution in [3.05, 3.63) is 29.3 Å². The lowest BCUT2D eigenvalue weighted by Crippen LogP contribution is -2.22. The molecule has 0 saturated heterocycles. The Bertz CT molecular complexity index is 516. The molecule has 0 N–H and O–H groups in total. The van der Waals surface area contributed by atoms with Crippen molar-refractivity contribution in [2.24, 2.45) is 0 Å². The Morgan fingerprint density at radius 3 is 2.44 bits per heavy atom. The maximum atomic E-state index is 11.6.